The van der Waals surface area contributed by atoms with Crippen LogP contribution < -0.4 is 0 Å². The first kappa shape index (κ1) is 15.0. The number of piperidine rings is 1. The molecule has 1 atom stereocenters. The molecule has 0 aromatic carbocycles. The molecule has 3 aromatic heterocycles. The fraction of sp³-hybridized carbons (Fsp3) is 0.316. The van der Waals surface area contributed by atoms with Crippen LogP contribution in [-0.4, -0.2) is 37.5 Å². The highest BCUT2D eigenvalue weighted by Gasteiger charge is 2.22. The smallest absolute Gasteiger partial charge is 0.138 e. The van der Waals surface area contributed by atoms with Crippen molar-refractivity contribution in [2.75, 3.05) is 13.1 Å². The molecule has 1 aliphatic heterocycles. The van der Waals surface area contributed by atoms with E-state index in [2.05, 4.69) is 33.1 Å². The molecule has 0 bridgehead atoms. The van der Waals surface area contributed by atoms with E-state index in [1.165, 1.54) is 24.1 Å². The zero-order valence-electron chi connectivity index (χ0n) is 13.6. The summed E-state index contributed by atoms with van der Waals surface area (Å²) in [7, 11) is 0. The summed E-state index contributed by atoms with van der Waals surface area (Å²) in [5, 5.41) is 0. The van der Waals surface area contributed by atoms with Gasteiger partial charge in [0.2, 0.25) is 0 Å². The monoisotopic (exact) mass is 319 g/mol. The second-order valence-electron chi connectivity index (χ2n) is 6.33. The first-order chi connectivity index (χ1) is 11.9. The van der Waals surface area contributed by atoms with Gasteiger partial charge in [-0.3, -0.25) is 14.5 Å². The van der Waals surface area contributed by atoms with Crippen LogP contribution in [0.5, 0.6) is 0 Å². The van der Waals surface area contributed by atoms with E-state index in [4.69, 9.17) is 4.98 Å². The molecule has 0 radical (unpaired) electrons. The zero-order chi connectivity index (χ0) is 16.2. The third kappa shape index (κ3) is 3.36. The van der Waals surface area contributed by atoms with Crippen LogP contribution in [0, 0.1) is 0 Å². The Morgan fingerprint density at radius 3 is 2.92 bits per heavy atom. The molecule has 4 heterocycles. The molecule has 1 unspecified atom stereocenters. The molecule has 1 aliphatic rings. The van der Waals surface area contributed by atoms with Gasteiger partial charge in [-0.05, 0) is 43.1 Å². The molecule has 4 rings (SSSR count). The predicted molar refractivity (Wildman–Crippen MR) is 92.8 cm³/mol. The highest BCUT2D eigenvalue weighted by Crippen LogP contribution is 2.27. The number of aromatic nitrogens is 4. The standard InChI is InChI=1S/C19H21N5/c1-6-18(22-19(7-1)24-11-9-21-15-24)17-5-3-10-23(14-17)13-16-4-2-8-20-12-16/h1-2,4,6-9,11-12,15,17H,3,5,10,13-14H2. The van der Waals surface area contributed by atoms with Crippen molar-refractivity contribution in [1.82, 2.24) is 24.4 Å². The van der Waals surface area contributed by atoms with Crippen LogP contribution in [-0.2, 0) is 6.54 Å². The molecule has 122 valence electrons. The normalized spacial score (nSPS) is 18.6. The maximum Gasteiger partial charge on any atom is 0.138 e. The lowest BCUT2D eigenvalue weighted by Crippen LogP contribution is -2.34. The van der Waals surface area contributed by atoms with Crippen molar-refractivity contribution in [2.24, 2.45) is 0 Å². The SMILES string of the molecule is c1cncc(CN2CCCC(c3cccc(-n4ccnc4)n3)C2)c1. The lowest BCUT2D eigenvalue weighted by atomic mass is 9.94. The Kier molecular flexibility index (Phi) is 4.34. The molecule has 0 spiro atoms. The van der Waals surface area contributed by atoms with E-state index in [0.717, 1.165) is 25.5 Å². The Hall–Kier alpha value is -2.53. The number of likely N-dealkylation sites (tertiary alicyclic amines) is 1. The summed E-state index contributed by atoms with van der Waals surface area (Å²) >= 11 is 0. The summed E-state index contributed by atoms with van der Waals surface area (Å²) in [5.74, 6) is 1.42. The van der Waals surface area contributed by atoms with Crippen LogP contribution in [0.25, 0.3) is 5.82 Å². The highest BCUT2D eigenvalue weighted by molar-refractivity contribution is 5.26. The van der Waals surface area contributed by atoms with Crippen LogP contribution in [0.3, 0.4) is 0 Å². The summed E-state index contributed by atoms with van der Waals surface area (Å²) in [4.78, 5) is 15.7. The number of rotatable bonds is 4. The lowest BCUT2D eigenvalue weighted by molar-refractivity contribution is 0.198. The second kappa shape index (κ2) is 6.93. The molecule has 0 aliphatic carbocycles. The van der Waals surface area contributed by atoms with Gasteiger partial charge in [0.15, 0.2) is 0 Å². The van der Waals surface area contributed by atoms with Crippen molar-refractivity contribution in [2.45, 2.75) is 25.3 Å². The van der Waals surface area contributed by atoms with E-state index in [1.54, 1.807) is 12.5 Å². The van der Waals surface area contributed by atoms with Gasteiger partial charge in [-0.25, -0.2) is 9.97 Å². The van der Waals surface area contributed by atoms with E-state index in [9.17, 15) is 0 Å². The Balaban J connectivity index is 1.49. The van der Waals surface area contributed by atoms with Crippen molar-refractivity contribution in [3.05, 3.63) is 72.7 Å². The predicted octanol–water partition coefficient (Wildman–Crippen LogP) is 3.04. The molecule has 24 heavy (non-hydrogen) atoms. The quantitative estimate of drug-likeness (QED) is 0.741. The van der Waals surface area contributed by atoms with Crippen LogP contribution in [0.15, 0.2) is 61.4 Å². The summed E-state index contributed by atoms with van der Waals surface area (Å²) in [6.07, 6.45) is 11.7. The van der Waals surface area contributed by atoms with Gasteiger partial charge in [0, 0.05) is 49.5 Å². The van der Waals surface area contributed by atoms with Gasteiger partial charge in [0.05, 0.1) is 0 Å². The average Bonchev–Trinajstić information content (AvgIpc) is 3.18. The Bertz CT molecular complexity index is 769. The summed E-state index contributed by atoms with van der Waals surface area (Å²) < 4.78 is 1.96. The molecular formula is C19H21N5. The van der Waals surface area contributed by atoms with Crippen molar-refractivity contribution < 1.29 is 0 Å². The van der Waals surface area contributed by atoms with E-state index in [0.29, 0.717) is 5.92 Å². The minimum absolute atomic E-state index is 0.485. The number of nitrogens with zero attached hydrogens (tertiary/aromatic N) is 5. The fourth-order valence-electron chi connectivity index (χ4n) is 3.40. The summed E-state index contributed by atoms with van der Waals surface area (Å²) in [5.41, 5.74) is 2.45. The Morgan fingerprint density at radius 1 is 1.08 bits per heavy atom. The molecule has 1 saturated heterocycles. The van der Waals surface area contributed by atoms with Crippen LogP contribution >= 0.6 is 0 Å². The maximum absolute atomic E-state index is 4.86. The number of hydrogen-bond donors (Lipinski definition) is 0. The first-order valence-electron chi connectivity index (χ1n) is 8.45. The number of hydrogen-bond acceptors (Lipinski definition) is 4. The molecule has 0 amide bonds. The van der Waals surface area contributed by atoms with Crippen molar-refractivity contribution in [1.29, 1.82) is 0 Å². The highest BCUT2D eigenvalue weighted by atomic mass is 15.1. The Labute approximate surface area is 142 Å². The minimum Gasteiger partial charge on any atom is -0.298 e. The fourth-order valence-corrected chi connectivity index (χ4v) is 3.40. The summed E-state index contributed by atoms with van der Waals surface area (Å²) in [6.45, 7) is 3.16. The van der Waals surface area contributed by atoms with Gasteiger partial charge in [0.25, 0.3) is 0 Å². The van der Waals surface area contributed by atoms with E-state index in [-0.39, 0.29) is 0 Å². The molecule has 0 N–H and O–H groups in total. The summed E-state index contributed by atoms with van der Waals surface area (Å²) in [6, 6.07) is 10.4. The van der Waals surface area contributed by atoms with Crippen LogP contribution in [0.1, 0.15) is 30.0 Å². The molecule has 5 heteroatoms. The molecule has 5 nitrogen and oxygen atoms in total. The van der Waals surface area contributed by atoms with Crippen molar-refractivity contribution in [3.8, 4) is 5.82 Å². The molecule has 1 fully saturated rings. The van der Waals surface area contributed by atoms with Gasteiger partial charge < -0.3 is 0 Å². The van der Waals surface area contributed by atoms with Gasteiger partial charge in [-0.2, -0.15) is 0 Å². The van der Waals surface area contributed by atoms with Crippen LogP contribution in [0.4, 0.5) is 0 Å². The van der Waals surface area contributed by atoms with E-state index >= 15 is 0 Å². The minimum atomic E-state index is 0.485. The first-order valence-corrected chi connectivity index (χ1v) is 8.45. The van der Waals surface area contributed by atoms with E-state index in [1.807, 2.05) is 35.3 Å². The largest absolute Gasteiger partial charge is 0.298 e. The third-order valence-corrected chi connectivity index (χ3v) is 4.58. The van der Waals surface area contributed by atoms with Gasteiger partial charge >= 0.3 is 0 Å². The second-order valence-corrected chi connectivity index (χ2v) is 6.33. The maximum atomic E-state index is 4.86. The van der Waals surface area contributed by atoms with Crippen molar-refractivity contribution in [3.63, 3.8) is 0 Å². The number of pyridine rings is 2. The molecule has 0 saturated carbocycles. The van der Waals surface area contributed by atoms with Crippen molar-refractivity contribution >= 4 is 0 Å². The van der Waals surface area contributed by atoms with Gasteiger partial charge in [0.1, 0.15) is 12.1 Å². The average molecular weight is 319 g/mol. The third-order valence-electron chi connectivity index (χ3n) is 4.58. The number of imidazole rings is 1. The lowest BCUT2D eigenvalue weighted by Gasteiger charge is -2.32. The Morgan fingerprint density at radius 2 is 2.08 bits per heavy atom. The van der Waals surface area contributed by atoms with E-state index < -0.39 is 0 Å². The zero-order valence-corrected chi connectivity index (χ0v) is 13.6. The van der Waals surface area contributed by atoms with Gasteiger partial charge in [-0.1, -0.05) is 12.1 Å². The van der Waals surface area contributed by atoms with Gasteiger partial charge in [-0.15, -0.1) is 0 Å². The molecular weight excluding hydrogens is 298 g/mol. The molecule has 3 aromatic rings. The van der Waals surface area contributed by atoms with Crippen LogP contribution in [0.2, 0.25) is 0 Å². The topological polar surface area (TPSA) is 46.8 Å².